The fourth-order valence-corrected chi connectivity index (χ4v) is 4.33. The SMILES string of the molecule is Cc1c(F)ccc(CCC(=O)c2cn3c(c(O)c2=O)C(=O)N(C)[C@@H]2CCCCN23)c1F. The van der Waals surface area contributed by atoms with E-state index in [4.69, 9.17) is 0 Å². The van der Waals surface area contributed by atoms with Gasteiger partial charge in [0.2, 0.25) is 5.43 Å². The maximum Gasteiger partial charge on any atom is 0.277 e. The highest BCUT2D eigenvalue weighted by Crippen LogP contribution is 2.29. The predicted molar refractivity (Wildman–Crippen MR) is 109 cm³/mol. The molecular formula is C22H23F2N3O4. The first-order chi connectivity index (χ1) is 14.7. The lowest BCUT2D eigenvalue weighted by atomic mass is 10.0. The van der Waals surface area contributed by atoms with Crippen molar-refractivity contribution in [3.63, 3.8) is 0 Å². The van der Waals surface area contributed by atoms with Gasteiger partial charge in [0.05, 0.1) is 5.56 Å². The highest BCUT2D eigenvalue weighted by Gasteiger charge is 2.39. The van der Waals surface area contributed by atoms with E-state index in [9.17, 15) is 28.3 Å². The van der Waals surface area contributed by atoms with Crippen LogP contribution in [0.5, 0.6) is 5.75 Å². The van der Waals surface area contributed by atoms with Crippen LogP contribution in [0.15, 0.2) is 23.1 Å². The fraction of sp³-hybridized carbons (Fsp3) is 0.409. The van der Waals surface area contributed by atoms with Gasteiger partial charge in [0, 0.05) is 31.8 Å². The number of benzene rings is 1. The number of carbonyl (C=O) groups excluding carboxylic acids is 2. The highest BCUT2D eigenvalue weighted by atomic mass is 19.1. The summed E-state index contributed by atoms with van der Waals surface area (Å²) in [6.07, 6.45) is 3.40. The molecule has 1 amide bonds. The van der Waals surface area contributed by atoms with Crippen molar-refractivity contribution in [2.45, 2.75) is 45.2 Å². The molecule has 0 bridgehead atoms. The molecule has 1 fully saturated rings. The van der Waals surface area contributed by atoms with Gasteiger partial charge in [0.15, 0.2) is 17.2 Å². The van der Waals surface area contributed by atoms with E-state index < -0.39 is 34.5 Å². The minimum absolute atomic E-state index is 0.0260. The number of hydrogen-bond donors (Lipinski definition) is 1. The highest BCUT2D eigenvalue weighted by molar-refractivity contribution is 6.00. The van der Waals surface area contributed by atoms with Crippen molar-refractivity contribution in [3.8, 4) is 5.75 Å². The number of rotatable bonds is 4. The van der Waals surface area contributed by atoms with Crippen LogP contribution in [0.25, 0.3) is 0 Å². The molecule has 1 atom stereocenters. The molecule has 2 aliphatic heterocycles. The van der Waals surface area contributed by atoms with Crippen molar-refractivity contribution in [2.24, 2.45) is 0 Å². The van der Waals surface area contributed by atoms with Crippen LogP contribution in [0.4, 0.5) is 8.78 Å². The standard InChI is InChI=1S/C22H23F2N3O4/c1-12-15(23)8-6-13(18(12)24)7-9-16(28)14-11-27-19(21(30)20(14)29)22(31)25(2)17-5-3-4-10-26(17)27/h6,8,11,17,30H,3-5,7,9-10H2,1-2H3/t17-/m0/s1. The molecule has 3 heterocycles. The van der Waals surface area contributed by atoms with Crippen molar-refractivity contribution in [2.75, 3.05) is 18.6 Å². The zero-order valence-corrected chi connectivity index (χ0v) is 17.3. The summed E-state index contributed by atoms with van der Waals surface area (Å²) < 4.78 is 29.1. The number of ketones is 1. The van der Waals surface area contributed by atoms with E-state index in [1.807, 2.05) is 5.01 Å². The van der Waals surface area contributed by atoms with Crippen molar-refractivity contribution >= 4 is 11.7 Å². The minimum atomic E-state index is -0.927. The number of carbonyl (C=O) groups is 2. The average molecular weight is 431 g/mol. The number of aryl methyl sites for hydroxylation is 1. The largest absolute Gasteiger partial charge is 0.502 e. The number of pyridine rings is 1. The molecule has 2 aromatic rings. The maximum absolute atomic E-state index is 14.2. The maximum atomic E-state index is 14.2. The van der Waals surface area contributed by atoms with Crippen LogP contribution in [0.3, 0.4) is 0 Å². The molecule has 7 nitrogen and oxygen atoms in total. The van der Waals surface area contributed by atoms with Crippen molar-refractivity contribution in [1.29, 1.82) is 0 Å². The number of halogens is 2. The summed E-state index contributed by atoms with van der Waals surface area (Å²) in [5.74, 6) is -3.23. The topological polar surface area (TPSA) is 82.8 Å². The van der Waals surface area contributed by atoms with Gasteiger partial charge in [-0.05, 0) is 44.2 Å². The molecule has 0 saturated carbocycles. The van der Waals surface area contributed by atoms with E-state index in [0.717, 1.165) is 25.3 Å². The van der Waals surface area contributed by atoms with Crippen molar-refractivity contribution < 1.29 is 23.5 Å². The van der Waals surface area contributed by atoms with E-state index in [1.165, 1.54) is 28.8 Å². The Morgan fingerprint density at radius 2 is 1.97 bits per heavy atom. The Kier molecular flexibility index (Phi) is 5.28. The number of piperidine rings is 1. The minimum Gasteiger partial charge on any atom is -0.502 e. The lowest BCUT2D eigenvalue weighted by Crippen LogP contribution is -2.61. The van der Waals surface area contributed by atoms with Gasteiger partial charge < -0.3 is 10.0 Å². The number of aromatic hydroxyl groups is 1. The third kappa shape index (κ3) is 3.37. The molecule has 1 aromatic carbocycles. The molecule has 164 valence electrons. The van der Waals surface area contributed by atoms with Crippen LogP contribution in [-0.2, 0) is 6.42 Å². The second-order valence-corrected chi connectivity index (χ2v) is 8.04. The Morgan fingerprint density at radius 3 is 2.71 bits per heavy atom. The summed E-state index contributed by atoms with van der Waals surface area (Å²) in [5.41, 5.74) is -1.31. The van der Waals surface area contributed by atoms with Crippen molar-refractivity contribution in [3.05, 3.63) is 62.6 Å². The van der Waals surface area contributed by atoms with E-state index in [-0.39, 0.29) is 41.4 Å². The molecule has 31 heavy (non-hydrogen) atoms. The first kappa shape index (κ1) is 21.0. The normalized spacial score (nSPS) is 18.1. The van der Waals surface area contributed by atoms with Crippen LogP contribution in [0.2, 0.25) is 0 Å². The van der Waals surface area contributed by atoms with Gasteiger partial charge in [-0.25, -0.2) is 8.78 Å². The third-order valence-corrected chi connectivity index (χ3v) is 6.18. The Morgan fingerprint density at radius 1 is 1.23 bits per heavy atom. The first-order valence-electron chi connectivity index (χ1n) is 10.2. The lowest BCUT2D eigenvalue weighted by Gasteiger charge is -2.47. The number of fused-ring (bicyclic) bond motifs is 3. The second-order valence-electron chi connectivity index (χ2n) is 8.04. The fourth-order valence-electron chi connectivity index (χ4n) is 4.33. The predicted octanol–water partition coefficient (Wildman–Crippen LogP) is 2.49. The zero-order valence-electron chi connectivity index (χ0n) is 17.3. The van der Waals surface area contributed by atoms with E-state index >= 15 is 0 Å². The van der Waals surface area contributed by atoms with Gasteiger partial charge in [-0.1, -0.05) is 6.07 Å². The number of amides is 1. The summed E-state index contributed by atoms with van der Waals surface area (Å²) in [5, 5.41) is 12.3. The summed E-state index contributed by atoms with van der Waals surface area (Å²) in [7, 11) is 1.62. The first-order valence-corrected chi connectivity index (χ1v) is 10.2. The van der Waals surface area contributed by atoms with Crippen LogP contribution in [0.1, 0.15) is 57.7 Å². The van der Waals surface area contributed by atoms with Gasteiger partial charge in [-0.2, -0.15) is 0 Å². The second kappa shape index (κ2) is 7.79. The van der Waals surface area contributed by atoms with Gasteiger partial charge in [0.1, 0.15) is 17.8 Å². The molecule has 1 saturated heterocycles. The van der Waals surface area contributed by atoms with Crippen LogP contribution < -0.4 is 10.4 Å². The lowest BCUT2D eigenvalue weighted by molar-refractivity contribution is 0.0591. The number of hydrogen-bond acceptors (Lipinski definition) is 5. The van der Waals surface area contributed by atoms with Crippen LogP contribution in [-0.4, -0.2) is 46.1 Å². The number of nitrogens with zero attached hydrogens (tertiary/aromatic N) is 3. The van der Waals surface area contributed by atoms with E-state index in [1.54, 1.807) is 7.05 Å². The molecule has 1 N–H and O–H groups in total. The molecule has 0 unspecified atom stereocenters. The Bertz CT molecular complexity index is 1140. The Labute approximate surface area is 177 Å². The summed E-state index contributed by atoms with van der Waals surface area (Å²) in [4.78, 5) is 39.7. The van der Waals surface area contributed by atoms with Crippen molar-refractivity contribution in [1.82, 2.24) is 9.58 Å². The Balaban J connectivity index is 1.68. The molecular weight excluding hydrogens is 408 g/mol. The molecule has 0 radical (unpaired) electrons. The molecule has 4 rings (SSSR count). The molecule has 9 heteroatoms. The summed E-state index contributed by atoms with van der Waals surface area (Å²) in [6, 6.07) is 2.41. The van der Waals surface area contributed by atoms with Gasteiger partial charge in [0.25, 0.3) is 5.91 Å². The quantitative estimate of drug-likeness (QED) is 0.753. The van der Waals surface area contributed by atoms with Gasteiger partial charge in [-0.3, -0.25) is 24.1 Å². The van der Waals surface area contributed by atoms with Crippen LogP contribution in [0, 0.1) is 18.6 Å². The molecule has 2 aliphatic rings. The van der Waals surface area contributed by atoms with E-state index in [2.05, 4.69) is 0 Å². The zero-order chi connectivity index (χ0) is 22.4. The smallest absolute Gasteiger partial charge is 0.277 e. The average Bonchev–Trinajstić information content (AvgIpc) is 2.77. The van der Waals surface area contributed by atoms with Gasteiger partial charge in [-0.15, -0.1) is 0 Å². The summed E-state index contributed by atoms with van der Waals surface area (Å²) in [6.45, 7) is 1.91. The molecule has 0 aliphatic carbocycles. The third-order valence-electron chi connectivity index (χ3n) is 6.18. The Hall–Kier alpha value is -3.23. The molecule has 0 spiro atoms. The number of aromatic nitrogens is 1. The number of Topliss-reactive ketones (excluding diaryl/α,β-unsaturated/α-hetero) is 1. The van der Waals surface area contributed by atoms with Crippen LogP contribution >= 0.6 is 0 Å². The monoisotopic (exact) mass is 431 g/mol. The van der Waals surface area contributed by atoms with Gasteiger partial charge >= 0.3 is 0 Å². The van der Waals surface area contributed by atoms with E-state index in [0.29, 0.717) is 6.54 Å². The summed E-state index contributed by atoms with van der Waals surface area (Å²) >= 11 is 0. The molecule has 1 aromatic heterocycles.